The highest BCUT2D eigenvalue weighted by molar-refractivity contribution is 7.17. The van der Waals surface area contributed by atoms with Crippen molar-refractivity contribution >= 4 is 33.5 Å². The minimum atomic E-state index is -0.501. The molecule has 0 atom stereocenters. The van der Waals surface area contributed by atoms with Crippen LogP contribution < -0.4 is 5.56 Å². The molecule has 0 aliphatic rings. The van der Waals surface area contributed by atoms with Crippen LogP contribution >= 0.6 is 11.3 Å². The van der Waals surface area contributed by atoms with Crippen molar-refractivity contribution < 1.29 is 9.34 Å². The average Bonchev–Trinajstić information content (AvgIpc) is 3.31. The number of hydrogen-bond donors (Lipinski definition) is 0. The maximum atomic E-state index is 12.8. The Balaban J connectivity index is 1.81. The molecule has 26 heavy (non-hydrogen) atoms. The number of nitro benzene ring substituents is 1. The van der Waals surface area contributed by atoms with Gasteiger partial charge in [-0.05, 0) is 18.2 Å². The lowest BCUT2D eigenvalue weighted by atomic mass is 10.2. The zero-order valence-corrected chi connectivity index (χ0v) is 13.9. The second-order valence-corrected chi connectivity index (χ2v) is 6.12. The number of thiophene rings is 1. The third-order valence-corrected chi connectivity index (χ3v) is 4.61. The fraction of sp³-hybridized carbons (Fsp3) is 0. The molecule has 0 radical (unpaired) electrons. The van der Waals surface area contributed by atoms with Crippen LogP contribution in [0.2, 0.25) is 0 Å². The number of benzene rings is 1. The van der Waals surface area contributed by atoms with Gasteiger partial charge in [0.1, 0.15) is 16.9 Å². The van der Waals surface area contributed by atoms with Crippen molar-refractivity contribution in [2.45, 2.75) is 0 Å². The van der Waals surface area contributed by atoms with Crippen LogP contribution in [0.15, 0.2) is 68.7 Å². The third kappa shape index (κ3) is 2.70. The van der Waals surface area contributed by atoms with E-state index in [0.717, 1.165) is 4.68 Å². The zero-order chi connectivity index (χ0) is 18.1. The molecule has 0 amide bonds. The summed E-state index contributed by atoms with van der Waals surface area (Å²) in [5.41, 5.74) is 0.464. The summed E-state index contributed by atoms with van der Waals surface area (Å²) in [4.78, 5) is 28.2. The van der Waals surface area contributed by atoms with E-state index < -0.39 is 4.92 Å². The minimum absolute atomic E-state index is 0.0925. The smallest absolute Gasteiger partial charge is 0.283 e. The van der Waals surface area contributed by atoms with Crippen molar-refractivity contribution in [1.29, 1.82) is 0 Å². The number of hydrogen-bond acceptors (Lipinski definition) is 7. The van der Waals surface area contributed by atoms with Crippen LogP contribution in [0.5, 0.6) is 0 Å². The summed E-state index contributed by atoms with van der Waals surface area (Å²) >= 11 is 1.33. The summed E-state index contributed by atoms with van der Waals surface area (Å²) in [6.07, 6.45) is 4.09. The first kappa shape index (κ1) is 15.9. The predicted octanol–water partition coefficient (Wildman–Crippen LogP) is 3.51. The van der Waals surface area contributed by atoms with Crippen LogP contribution in [0.4, 0.5) is 5.69 Å². The summed E-state index contributed by atoms with van der Waals surface area (Å²) in [6, 6.07) is 9.65. The second-order valence-electron chi connectivity index (χ2n) is 5.26. The van der Waals surface area contributed by atoms with Gasteiger partial charge in [0.25, 0.3) is 11.2 Å². The molecular formula is C17H10N4O4S. The third-order valence-electron chi connectivity index (χ3n) is 3.72. The zero-order valence-electron chi connectivity index (χ0n) is 13.1. The Morgan fingerprint density at radius 3 is 2.88 bits per heavy atom. The lowest BCUT2D eigenvalue weighted by molar-refractivity contribution is -0.385. The molecule has 9 heteroatoms. The molecule has 4 aromatic rings. The highest BCUT2D eigenvalue weighted by Gasteiger charge is 2.15. The van der Waals surface area contributed by atoms with Gasteiger partial charge in [-0.15, -0.1) is 11.3 Å². The fourth-order valence-electron chi connectivity index (χ4n) is 2.51. The number of furan rings is 1. The Morgan fingerprint density at radius 1 is 1.27 bits per heavy atom. The van der Waals surface area contributed by atoms with Crippen LogP contribution in [0, 0.1) is 10.1 Å². The average molecular weight is 366 g/mol. The molecule has 3 heterocycles. The summed E-state index contributed by atoms with van der Waals surface area (Å²) in [7, 11) is 0. The molecule has 0 unspecified atom stereocenters. The van der Waals surface area contributed by atoms with Crippen LogP contribution in [0.3, 0.4) is 0 Å². The normalized spacial score (nSPS) is 11.4. The van der Waals surface area contributed by atoms with E-state index in [1.807, 2.05) is 0 Å². The quantitative estimate of drug-likeness (QED) is 0.312. The van der Waals surface area contributed by atoms with Crippen molar-refractivity contribution in [1.82, 2.24) is 9.66 Å². The summed E-state index contributed by atoms with van der Waals surface area (Å²) in [5, 5.41) is 17.3. The molecule has 0 N–H and O–H groups in total. The maximum absolute atomic E-state index is 12.8. The minimum Gasteiger partial charge on any atom is -0.464 e. The highest BCUT2D eigenvalue weighted by atomic mass is 32.1. The van der Waals surface area contributed by atoms with Gasteiger partial charge in [0.2, 0.25) is 0 Å². The number of fused-ring (bicyclic) bond motifs is 1. The van der Waals surface area contributed by atoms with Crippen LogP contribution in [-0.2, 0) is 0 Å². The van der Waals surface area contributed by atoms with Crippen molar-refractivity contribution in [3.63, 3.8) is 0 Å². The molecule has 0 bridgehead atoms. The van der Waals surface area contributed by atoms with E-state index in [0.29, 0.717) is 27.1 Å². The molecule has 0 aliphatic heterocycles. The molecule has 1 aromatic carbocycles. The molecular weight excluding hydrogens is 356 g/mol. The van der Waals surface area contributed by atoms with E-state index in [9.17, 15) is 14.9 Å². The van der Waals surface area contributed by atoms with Gasteiger partial charge in [-0.25, -0.2) is 4.98 Å². The van der Waals surface area contributed by atoms with Crippen LogP contribution in [-0.4, -0.2) is 20.8 Å². The van der Waals surface area contributed by atoms with E-state index in [4.69, 9.17) is 4.42 Å². The van der Waals surface area contributed by atoms with Crippen molar-refractivity contribution in [3.8, 4) is 11.3 Å². The van der Waals surface area contributed by atoms with Gasteiger partial charge in [0, 0.05) is 17.0 Å². The molecule has 0 saturated heterocycles. The molecule has 3 aromatic heterocycles. The molecule has 4 rings (SSSR count). The Labute approximate surface area is 149 Å². The van der Waals surface area contributed by atoms with Gasteiger partial charge in [0.15, 0.2) is 0 Å². The Kier molecular flexibility index (Phi) is 3.90. The van der Waals surface area contributed by atoms with E-state index in [1.165, 1.54) is 36.2 Å². The second kappa shape index (κ2) is 6.37. The number of para-hydroxylation sites is 1. The summed E-state index contributed by atoms with van der Waals surface area (Å²) in [5.74, 6) is 0.565. The maximum Gasteiger partial charge on any atom is 0.283 e. The molecule has 8 nitrogen and oxygen atoms in total. The van der Waals surface area contributed by atoms with Gasteiger partial charge in [-0.3, -0.25) is 14.9 Å². The Hall–Kier alpha value is -3.59. The van der Waals surface area contributed by atoms with E-state index in [2.05, 4.69) is 10.1 Å². The first-order valence-corrected chi connectivity index (χ1v) is 8.33. The van der Waals surface area contributed by atoms with E-state index in [-0.39, 0.29) is 11.2 Å². The van der Waals surface area contributed by atoms with Crippen LogP contribution in [0.1, 0.15) is 5.56 Å². The lowest BCUT2D eigenvalue weighted by Gasteiger charge is -2.00. The summed E-state index contributed by atoms with van der Waals surface area (Å²) < 4.78 is 6.42. The van der Waals surface area contributed by atoms with E-state index >= 15 is 0 Å². The van der Waals surface area contributed by atoms with Crippen molar-refractivity contribution in [2.24, 2.45) is 5.10 Å². The number of rotatable bonds is 4. The van der Waals surface area contributed by atoms with Crippen LogP contribution in [0.25, 0.3) is 21.5 Å². The summed E-state index contributed by atoms with van der Waals surface area (Å²) in [6.45, 7) is 0. The largest absolute Gasteiger partial charge is 0.464 e. The van der Waals surface area contributed by atoms with Gasteiger partial charge in [0.05, 0.1) is 28.4 Å². The van der Waals surface area contributed by atoms with Gasteiger partial charge in [-0.2, -0.15) is 9.78 Å². The number of nitrogens with zero attached hydrogens (tertiary/aromatic N) is 4. The van der Waals surface area contributed by atoms with Gasteiger partial charge >= 0.3 is 0 Å². The van der Waals surface area contributed by atoms with Gasteiger partial charge < -0.3 is 4.42 Å². The molecule has 0 fully saturated rings. The topological polar surface area (TPSA) is 104 Å². The van der Waals surface area contributed by atoms with Crippen molar-refractivity contribution in [3.05, 3.63) is 80.4 Å². The first-order chi connectivity index (χ1) is 12.6. The molecule has 0 spiro atoms. The Morgan fingerprint density at radius 2 is 2.12 bits per heavy atom. The molecule has 0 aliphatic carbocycles. The standard InChI is InChI=1S/C17H10N4O4S/c22-17-15-12(14-6-3-7-25-14)9-26-16(15)18-10-20(17)19-8-11-4-1-2-5-13(11)21(23)24/h1-10H/b19-8-. The number of nitro groups is 1. The Bertz CT molecular complexity index is 1190. The number of aromatic nitrogens is 2. The SMILES string of the molecule is O=c1c2c(-c3ccco3)csc2ncn1/N=C\c1ccccc1[N+](=O)[O-]. The molecule has 128 valence electrons. The predicted molar refractivity (Wildman–Crippen MR) is 97.7 cm³/mol. The molecule has 0 saturated carbocycles. The van der Waals surface area contributed by atoms with E-state index in [1.54, 1.807) is 35.7 Å². The van der Waals surface area contributed by atoms with Gasteiger partial charge in [-0.1, -0.05) is 12.1 Å². The van der Waals surface area contributed by atoms with Crippen molar-refractivity contribution in [2.75, 3.05) is 0 Å². The monoisotopic (exact) mass is 366 g/mol. The first-order valence-electron chi connectivity index (χ1n) is 7.45. The lowest BCUT2D eigenvalue weighted by Crippen LogP contribution is -2.16. The highest BCUT2D eigenvalue weighted by Crippen LogP contribution is 2.30. The fourth-order valence-corrected chi connectivity index (χ4v) is 3.39.